The van der Waals surface area contributed by atoms with Gasteiger partial charge in [-0.3, -0.25) is 4.79 Å². The van der Waals surface area contributed by atoms with Crippen molar-refractivity contribution in [2.75, 3.05) is 14.2 Å². The third-order valence-electron chi connectivity index (χ3n) is 4.43. The number of methoxy groups -OCH3 is 2. The molecular weight excluding hydrogens is 338 g/mol. The van der Waals surface area contributed by atoms with Gasteiger partial charge >= 0.3 is 0 Å². The normalized spacial score (nSPS) is 11.5. The van der Waals surface area contributed by atoms with Gasteiger partial charge in [0, 0.05) is 5.56 Å². The van der Waals surface area contributed by atoms with Crippen molar-refractivity contribution >= 4 is 5.91 Å². The molecule has 3 aromatic carbocycles. The molecule has 0 aliphatic heterocycles. The van der Waals surface area contributed by atoms with Crippen LogP contribution >= 0.6 is 0 Å². The van der Waals surface area contributed by atoms with Crippen molar-refractivity contribution in [1.29, 1.82) is 0 Å². The van der Waals surface area contributed by atoms with Crippen molar-refractivity contribution in [2.24, 2.45) is 0 Å². The van der Waals surface area contributed by atoms with Gasteiger partial charge in [0.05, 0.1) is 20.3 Å². The second-order valence-electron chi connectivity index (χ2n) is 6.20. The molecule has 4 heteroatoms. The molecule has 0 saturated carbocycles. The van der Waals surface area contributed by atoms with Crippen LogP contribution in [0.15, 0.2) is 78.9 Å². The molecule has 0 heterocycles. The number of nitrogens with one attached hydrogen (secondary N) is 1. The summed E-state index contributed by atoms with van der Waals surface area (Å²) in [6.45, 7) is 0. The maximum atomic E-state index is 12.7. The van der Waals surface area contributed by atoms with E-state index in [9.17, 15) is 4.79 Å². The number of carbonyl (C=O) groups excluding carboxylic acids is 1. The molecule has 27 heavy (non-hydrogen) atoms. The molecule has 0 spiro atoms. The lowest BCUT2D eigenvalue weighted by Crippen LogP contribution is -2.30. The van der Waals surface area contributed by atoms with Gasteiger partial charge in [-0.25, -0.2) is 0 Å². The highest BCUT2D eigenvalue weighted by atomic mass is 16.5. The number of benzene rings is 3. The second-order valence-corrected chi connectivity index (χ2v) is 6.20. The Balaban J connectivity index is 1.91. The first-order valence-corrected chi connectivity index (χ1v) is 8.83. The molecular formula is C23H23NO3. The Morgan fingerprint density at radius 1 is 0.852 bits per heavy atom. The van der Waals surface area contributed by atoms with Gasteiger partial charge in [-0.2, -0.15) is 0 Å². The Morgan fingerprint density at radius 3 is 2.11 bits per heavy atom. The van der Waals surface area contributed by atoms with Crippen LogP contribution in [0.3, 0.4) is 0 Å². The van der Waals surface area contributed by atoms with Crippen LogP contribution in [-0.2, 0) is 6.42 Å². The highest BCUT2D eigenvalue weighted by Crippen LogP contribution is 2.31. The summed E-state index contributed by atoms with van der Waals surface area (Å²) < 4.78 is 10.8. The maximum Gasteiger partial charge on any atom is 0.251 e. The average Bonchev–Trinajstić information content (AvgIpc) is 2.74. The minimum Gasteiger partial charge on any atom is -0.493 e. The van der Waals surface area contributed by atoms with E-state index in [1.165, 1.54) is 0 Å². The summed E-state index contributed by atoms with van der Waals surface area (Å²) >= 11 is 0. The molecule has 3 aromatic rings. The van der Waals surface area contributed by atoms with E-state index in [2.05, 4.69) is 17.4 Å². The Morgan fingerprint density at radius 2 is 1.48 bits per heavy atom. The van der Waals surface area contributed by atoms with E-state index >= 15 is 0 Å². The topological polar surface area (TPSA) is 47.6 Å². The largest absolute Gasteiger partial charge is 0.493 e. The van der Waals surface area contributed by atoms with Crippen LogP contribution in [0.1, 0.15) is 27.5 Å². The third-order valence-corrected chi connectivity index (χ3v) is 4.43. The zero-order chi connectivity index (χ0) is 19.1. The fraction of sp³-hybridized carbons (Fsp3) is 0.174. The number of rotatable bonds is 7. The molecule has 0 aliphatic rings. The van der Waals surface area contributed by atoms with Crippen LogP contribution < -0.4 is 14.8 Å². The first-order chi connectivity index (χ1) is 13.2. The molecule has 138 valence electrons. The van der Waals surface area contributed by atoms with Gasteiger partial charge in [0.2, 0.25) is 0 Å². The van der Waals surface area contributed by atoms with Gasteiger partial charge in [-0.15, -0.1) is 0 Å². The van der Waals surface area contributed by atoms with E-state index in [1.54, 1.807) is 14.2 Å². The number of hydrogen-bond donors (Lipinski definition) is 1. The van der Waals surface area contributed by atoms with Crippen molar-refractivity contribution in [1.82, 2.24) is 5.32 Å². The van der Waals surface area contributed by atoms with Crippen molar-refractivity contribution in [2.45, 2.75) is 12.5 Å². The van der Waals surface area contributed by atoms with Crippen LogP contribution in [-0.4, -0.2) is 20.1 Å². The summed E-state index contributed by atoms with van der Waals surface area (Å²) in [5.41, 5.74) is 2.74. The fourth-order valence-electron chi connectivity index (χ4n) is 3.00. The fourth-order valence-corrected chi connectivity index (χ4v) is 3.00. The van der Waals surface area contributed by atoms with Gasteiger partial charge in [0.1, 0.15) is 0 Å². The predicted octanol–water partition coefficient (Wildman–Crippen LogP) is 4.42. The molecule has 0 saturated heterocycles. The molecule has 1 N–H and O–H groups in total. The van der Waals surface area contributed by atoms with Crippen LogP contribution in [0, 0.1) is 0 Å². The molecule has 0 aromatic heterocycles. The van der Waals surface area contributed by atoms with E-state index in [1.807, 2.05) is 66.7 Å². The van der Waals surface area contributed by atoms with E-state index in [0.717, 1.165) is 11.1 Å². The average molecular weight is 361 g/mol. The molecule has 1 atom stereocenters. The molecule has 0 aliphatic carbocycles. The summed E-state index contributed by atoms with van der Waals surface area (Å²) in [6.07, 6.45) is 0.675. The molecule has 0 bridgehead atoms. The van der Waals surface area contributed by atoms with Gasteiger partial charge in [-0.05, 0) is 41.8 Å². The van der Waals surface area contributed by atoms with Gasteiger partial charge < -0.3 is 14.8 Å². The van der Waals surface area contributed by atoms with E-state index in [4.69, 9.17) is 9.47 Å². The minimum absolute atomic E-state index is 0.105. The molecule has 3 rings (SSSR count). The van der Waals surface area contributed by atoms with Crippen molar-refractivity contribution in [3.05, 3.63) is 95.6 Å². The zero-order valence-electron chi connectivity index (χ0n) is 15.5. The lowest BCUT2D eigenvalue weighted by Gasteiger charge is -2.21. The van der Waals surface area contributed by atoms with Crippen LogP contribution in [0.2, 0.25) is 0 Å². The van der Waals surface area contributed by atoms with Gasteiger partial charge in [0.15, 0.2) is 11.5 Å². The molecule has 1 unspecified atom stereocenters. The summed E-state index contributed by atoms with van der Waals surface area (Å²) in [7, 11) is 3.21. The third kappa shape index (κ3) is 4.67. The summed E-state index contributed by atoms with van der Waals surface area (Å²) in [5, 5.41) is 3.15. The second kappa shape index (κ2) is 8.90. The highest BCUT2D eigenvalue weighted by molar-refractivity contribution is 5.94. The number of hydrogen-bond acceptors (Lipinski definition) is 3. The lowest BCUT2D eigenvalue weighted by molar-refractivity contribution is 0.0936. The standard InChI is InChI=1S/C23H23NO3/c1-26-21-14-13-19(16-22(21)27-2)20(15-17-9-5-3-6-10-17)24-23(25)18-11-7-4-8-12-18/h3-14,16,20H,15H2,1-2H3,(H,24,25). The van der Waals surface area contributed by atoms with E-state index in [-0.39, 0.29) is 11.9 Å². The number of ether oxygens (including phenoxy) is 2. The molecule has 0 radical (unpaired) electrons. The SMILES string of the molecule is COc1ccc(C(Cc2ccccc2)NC(=O)c2ccccc2)cc1OC. The minimum atomic E-state index is -0.195. The van der Waals surface area contributed by atoms with Gasteiger partial charge in [0.25, 0.3) is 5.91 Å². The van der Waals surface area contributed by atoms with Crippen LogP contribution in [0.5, 0.6) is 11.5 Å². The Kier molecular flexibility index (Phi) is 6.10. The molecule has 1 amide bonds. The Hall–Kier alpha value is -3.27. The van der Waals surface area contributed by atoms with Crippen molar-refractivity contribution < 1.29 is 14.3 Å². The first-order valence-electron chi connectivity index (χ1n) is 8.83. The highest BCUT2D eigenvalue weighted by Gasteiger charge is 2.18. The van der Waals surface area contributed by atoms with E-state index < -0.39 is 0 Å². The number of carbonyl (C=O) groups is 1. The smallest absolute Gasteiger partial charge is 0.251 e. The monoisotopic (exact) mass is 361 g/mol. The summed E-state index contributed by atoms with van der Waals surface area (Å²) in [4.78, 5) is 12.7. The number of amides is 1. The van der Waals surface area contributed by atoms with E-state index in [0.29, 0.717) is 23.5 Å². The molecule has 0 fully saturated rings. The van der Waals surface area contributed by atoms with Crippen LogP contribution in [0.25, 0.3) is 0 Å². The van der Waals surface area contributed by atoms with Crippen molar-refractivity contribution in [3.63, 3.8) is 0 Å². The summed E-state index contributed by atoms with van der Waals surface area (Å²) in [6, 6.07) is 24.9. The zero-order valence-corrected chi connectivity index (χ0v) is 15.5. The lowest BCUT2D eigenvalue weighted by atomic mass is 9.98. The maximum absolute atomic E-state index is 12.7. The first kappa shape index (κ1) is 18.5. The van der Waals surface area contributed by atoms with Crippen LogP contribution in [0.4, 0.5) is 0 Å². The van der Waals surface area contributed by atoms with Gasteiger partial charge in [-0.1, -0.05) is 54.6 Å². The molecule has 4 nitrogen and oxygen atoms in total. The quantitative estimate of drug-likeness (QED) is 0.678. The Labute approximate surface area is 159 Å². The Bertz CT molecular complexity index is 879. The van der Waals surface area contributed by atoms with Crippen molar-refractivity contribution in [3.8, 4) is 11.5 Å². The summed E-state index contributed by atoms with van der Waals surface area (Å²) in [5.74, 6) is 1.20. The predicted molar refractivity (Wildman–Crippen MR) is 106 cm³/mol.